The molecule has 1 aliphatic carbocycles. The lowest BCUT2D eigenvalue weighted by Crippen LogP contribution is -2.54. The van der Waals surface area contributed by atoms with Crippen LogP contribution >= 0.6 is 0 Å². The summed E-state index contributed by atoms with van der Waals surface area (Å²) in [7, 11) is -4.06. The molecule has 0 bridgehead atoms. The van der Waals surface area contributed by atoms with Crippen LogP contribution in [0.25, 0.3) is 0 Å². The second-order valence-corrected chi connectivity index (χ2v) is 8.04. The van der Waals surface area contributed by atoms with Gasteiger partial charge in [0.15, 0.2) is 0 Å². The minimum Gasteiger partial charge on any atom is -0.404 e. The Hall–Kier alpha value is -1.32. The molecule has 1 aromatic carbocycles. The minimum absolute atomic E-state index is 0.264. The second kappa shape index (κ2) is 6.20. The van der Waals surface area contributed by atoms with Gasteiger partial charge >= 0.3 is 6.36 Å². The van der Waals surface area contributed by atoms with E-state index in [1.54, 1.807) is 6.92 Å². The minimum atomic E-state index is -4.94. The number of piperazine rings is 1. The maximum absolute atomic E-state index is 12.9. The Labute approximate surface area is 139 Å². The summed E-state index contributed by atoms with van der Waals surface area (Å²) in [6, 6.07) is 5.10. The van der Waals surface area contributed by atoms with E-state index in [-0.39, 0.29) is 12.6 Å². The fraction of sp³-hybridized carbons (Fsp3) is 0.600. The molecule has 1 atom stereocenters. The first-order valence-corrected chi connectivity index (χ1v) is 9.23. The molecule has 134 valence electrons. The van der Waals surface area contributed by atoms with Crippen LogP contribution in [0.5, 0.6) is 5.75 Å². The smallest absolute Gasteiger partial charge is 0.404 e. The fourth-order valence-corrected chi connectivity index (χ4v) is 4.83. The Morgan fingerprint density at radius 2 is 1.83 bits per heavy atom. The third-order valence-corrected chi connectivity index (χ3v) is 6.38. The molecule has 3 rings (SSSR count). The normalized spacial score (nSPS) is 24.1. The Morgan fingerprint density at radius 1 is 1.17 bits per heavy atom. The van der Waals surface area contributed by atoms with Gasteiger partial charge in [-0.1, -0.05) is 12.1 Å². The summed E-state index contributed by atoms with van der Waals surface area (Å²) >= 11 is 0. The van der Waals surface area contributed by atoms with Crippen LogP contribution in [-0.2, 0) is 10.0 Å². The summed E-state index contributed by atoms with van der Waals surface area (Å²) in [6.07, 6.45) is -2.69. The van der Waals surface area contributed by atoms with Crippen LogP contribution in [0.15, 0.2) is 29.2 Å². The number of hydrogen-bond donors (Lipinski definition) is 0. The molecule has 1 saturated carbocycles. The summed E-state index contributed by atoms with van der Waals surface area (Å²) in [4.78, 5) is 1.79. The first kappa shape index (κ1) is 17.5. The molecule has 0 spiro atoms. The molecule has 1 saturated heterocycles. The third-order valence-electron chi connectivity index (χ3n) is 4.32. The van der Waals surface area contributed by atoms with E-state index in [1.165, 1.54) is 16.4 Å². The number of ether oxygens (including phenoxy) is 1. The monoisotopic (exact) mass is 364 g/mol. The SMILES string of the molecule is CC1CN(C2CC2)CCN1S(=O)(=O)c1ccccc1OC(F)(F)F. The van der Waals surface area contributed by atoms with Crippen LogP contribution in [0.2, 0.25) is 0 Å². The summed E-state index contributed by atoms with van der Waals surface area (Å²) < 4.78 is 68.5. The second-order valence-electron chi connectivity index (χ2n) is 6.19. The molecule has 0 amide bonds. The number of nitrogens with zero attached hydrogens (tertiary/aromatic N) is 2. The molecular weight excluding hydrogens is 345 g/mol. The van der Waals surface area contributed by atoms with Gasteiger partial charge in [-0.15, -0.1) is 13.2 Å². The van der Waals surface area contributed by atoms with Gasteiger partial charge in [-0.2, -0.15) is 4.31 Å². The van der Waals surface area contributed by atoms with E-state index in [0.29, 0.717) is 19.1 Å². The van der Waals surface area contributed by atoms with Gasteiger partial charge in [0.05, 0.1) is 0 Å². The molecule has 1 aromatic rings. The molecule has 1 aliphatic heterocycles. The predicted molar refractivity (Wildman–Crippen MR) is 81.1 cm³/mol. The van der Waals surface area contributed by atoms with Crippen molar-refractivity contribution in [1.82, 2.24) is 9.21 Å². The highest BCUT2D eigenvalue weighted by Gasteiger charge is 2.40. The van der Waals surface area contributed by atoms with Crippen molar-refractivity contribution < 1.29 is 26.3 Å². The molecule has 0 N–H and O–H groups in total. The first-order valence-electron chi connectivity index (χ1n) is 7.79. The van der Waals surface area contributed by atoms with Crippen molar-refractivity contribution in [2.75, 3.05) is 19.6 Å². The highest BCUT2D eigenvalue weighted by atomic mass is 32.2. The van der Waals surface area contributed by atoms with E-state index < -0.39 is 27.0 Å². The van der Waals surface area contributed by atoms with E-state index in [0.717, 1.165) is 25.0 Å². The van der Waals surface area contributed by atoms with Crippen molar-refractivity contribution in [3.8, 4) is 5.75 Å². The van der Waals surface area contributed by atoms with Gasteiger partial charge in [-0.3, -0.25) is 4.90 Å². The van der Waals surface area contributed by atoms with Crippen LogP contribution in [0.1, 0.15) is 19.8 Å². The number of alkyl halides is 3. The van der Waals surface area contributed by atoms with Gasteiger partial charge in [-0.25, -0.2) is 8.42 Å². The molecule has 9 heteroatoms. The number of halogens is 3. The molecule has 5 nitrogen and oxygen atoms in total. The van der Waals surface area contributed by atoms with E-state index >= 15 is 0 Å². The fourth-order valence-electron chi connectivity index (χ4n) is 3.10. The van der Waals surface area contributed by atoms with Crippen LogP contribution in [0.3, 0.4) is 0 Å². The maximum Gasteiger partial charge on any atom is 0.573 e. The molecular formula is C15H19F3N2O3S. The third kappa shape index (κ3) is 3.68. The van der Waals surface area contributed by atoms with E-state index in [1.807, 2.05) is 0 Å². The Kier molecular flexibility index (Phi) is 4.52. The van der Waals surface area contributed by atoms with Crippen LogP contribution in [-0.4, -0.2) is 55.7 Å². The number of sulfonamides is 1. The highest BCUT2D eigenvalue weighted by molar-refractivity contribution is 7.89. The molecule has 1 heterocycles. The zero-order chi connectivity index (χ0) is 17.5. The summed E-state index contributed by atoms with van der Waals surface area (Å²) in [6.45, 7) is 3.22. The zero-order valence-electron chi connectivity index (χ0n) is 13.2. The Bertz CT molecular complexity index is 704. The molecule has 24 heavy (non-hydrogen) atoms. The predicted octanol–water partition coefficient (Wildman–Crippen LogP) is 2.44. The lowest BCUT2D eigenvalue weighted by molar-refractivity contribution is -0.275. The van der Waals surface area contributed by atoms with Gasteiger partial charge in [0.25, 0.3) is 0 Å². The van der Waals surface area contributed by atoms with E-state index in [4.69, 9.17) is 0 Å². The molecule has 2 fully saturated rings. The number of para-hydroxylation sites is 1. The van der Waals surface area contributed by atoms with Crippen molar-refractivity contribution in [1.29, 1.82) is 0 Å². The lowest BCUT2D eigenvalue weighted by atomic mass is 10.2. The maximum atomic E-state index is 12.9. The van der Waals surface area contributed by atoms with E-state index in [9.17, 15) is 21.6 Å². The molecule has 2 aliphatic rings. The molecule has 1 unspecified atom stereocenters. The van der Waals surface area contributed by atoms with Gasteiger partial charge in [0.1, 0.15) is 10.6 Å². The van der Waals surface area contributed by atoms with Crippen molar-refractivity contribution >= 4 is 10.0 Å². The van der Waals surface area contributed by atoms with Gasteiger partial charge in [0.2, 0.25) is 10.0 Å². The van der Waals surface area contributed by atoms with Gasteiger partial charge in [-0.05, 0) is 31.9 Å². The van der Waals surface area contributed by atoms with Crippen molar-refractivity contribution in [3.63, 3.8) is 0 Å². The number of benzene rings is 1. The highest BCUT2D eigenvalue weighted by Crippen LogP contribution is 2.34. The largest absolute Gasteiger partial charge is 0.573 e. The number of hydrogen-bond acceptors (Lipinski definition) is 4. The number of rotatable bonds is 4. The van der Waals surface area contributed by atoms with E-state index in [2.05, 4.69) is 9.64 Å². The van der Waals surface area contributed by atoms with Crippen LogP contribution in [0.4, 0.5) is 13.2 Å². The molecule has 0 radical (unpaired) electrons. The van der Waals surface area contributed by atoms with Crippen LogP contribution < -0.4 is 4.74 Å². The summed E-state index contributed by atoms with van der Waals surface area (Å²) in [5, 5.41) is 0. The Balaban J connectivity index is 1.85. The average Bonchev–Trinajstić information content (AvgIpc) is 3.30. The quantitative estimate of drug-likeness (QED) is 0.824. The standard InChI is InChI=1S/C15H19F3N2O3S/c1-11-10-19(12-6-7-12)8-9-20(11)24(21,22)14-5-3-2-4-13(14)23-15(16,17)18/h2-5,11-12H,6-10H2,1H3. The lowest BCUT2D eigenvalue weighted by Gasteiger charge is -2.39. The zero-order valence-corrected chi connectivity index (χ0v) is 14.0. The topological polar surface area (TPSA) is 49.9 Å². The summed E-state index contributed by atoms with van der Waals surface area (Å²) in [5.74, 6) is -0.693. The Morgan fingerprint density at radius 3 is 2.42 bits per heavy atom. The summed E-state index contributed by atoms with van der Waals surface area (Å²) in [5.41, 5.74) is 0. The van der Waals surface area contributed by atoms with Crippen molar-refractivity contribution in [2.45, 2.75) is 43.1 Å². The first-order chi connectivity index (χ1) is 11.2. The molecule has 0 aromatic heterocycles. The van der Waals surface area contributed by atoms with Gasteiger partial charge < -0.3 is 4.74 Å². The van der Waals surface area contributed by atoms with Crippen molar-refractivity contribution in [3.05, 3.63) is 24.3 Å². The van der Waals surface area contributed by atoms with Crippen LogP contribution in [0, 0.1) is 0 Å². The van der Waals surface area contributed by atoms with Gasteiger partial charge in [0, 0.05) is 31.7 Å². The average molecular weight is 364 g/mol. The van der Waals surface area contributed by atoms with Crippen molar-refractivity contribution in [2.24, 2.45) is 0 Å².